The predicted octanol–water partition coefficient (Wildman–Crippen LogP) is 8.29. The monoisotopic (exact) mass is 488 g/mol. The van der Waals surface area contributed by atoms with Gasteiger partial charge >= 0.3 is 0 Å². The molecule has 3 aromatic rings. The van der Waals surface area contributed by atoms with Crippen LogP contribution in [-0.4, -0.2) is 27.0 Å². The number of methoxy groups -OCH3 is 1. The number of hydrogen-bond donors (Lipinski definition) is 0. The second-order valence-corrected chi connectivity index (χ2v) is 16.4. The van der Waals surface area contributed by atoms with Crippen molar-refractivity contribution in [3.8, 4) is 0 Å². The lowest BCUT2D eigenvalue weighted by Crippen LogP contribution is -2.47. The van der Waals surface area contributed by atoms with Gasteiger partial charge in [-0.05, 0) is 53.4 Å². The van der Waals surface area contributed by atoms with E-state index in [0.29, 0.717) is 6.42 Å². The lowest BCUT2D eigenvalue weighted by molar-refractivity contribution is -0.109. The Morgan fingerprint density at radius 1 is 0.914 bits per heavy atom. The number of rotatable bonds is 10. The SMILES string of the molecule is COC1(O[Si](C)(C)C(C)(C)C)CC1(CCCCC(=O)c1ccc2ccccc2c1)c1ccccc1. The molecule has 0 aliphatic heterocycles. The van der Waals surface area contributed by atoms with Gasteiger partial charge in [-0.15, -0.1) is 0 Å². The molecule has 1 aliphatic rings. The number of carbonyl (C=O) groups excluding carboxylic acids is 1. The lowest BCUT2D eigenvalue weighted by Gasteiger charge is -2.41. The van der Waals surface area contributed by atoms with Crippen LogP contribution in [0.5, 0.6) is 0 Å². The maximum absolute atomic E-state index is 12.9. The van der Waals surface area contributed by atoms with Crippen LogP contribution in [0, 0.1) is 0 Å². The van der Waals surface area contributed by atoms with Crippen LogP contribution in [0.4, 0.5) is 0 Å². The molecule has 1 aliphatic carbocycles. The molecular weight excluding hydrogens is 448 g/mol. The molecule has 2 unspecified atom stereocenters. The van der Waals surface area contributed by atoms with Crippen molar-refractivity contribution in [1.29, 1.82) is 0 Å². The molecule has 2 atom stereocenters. The molecule has 0 spiro atoms. The predicted molar refractivity (Wildman–Crippen MR) is 148 cm³/mol. The summed E-state index contributed by atoms with van der Waals surface area (Å²) < 4.78 is 13.1. The third-order valence-electron chi connectivity index (χ3n) is 8.35. The summed E-state index contributed by atoms with van der Waals surface area (Å²) in [5.41, 5.74) is 1.92. The Balaban J connectivity index is 1.46. The zero-order chi connectivity index (χ0) is 25.3. The maximum atomic E-state index is 12.9. The van der Waals surface area contributed by atoms with Gasteiger partial charge in [0, 0.05) is 25.5 Å². The van der Waals surface area contributed by atoms with Crippen LogP contribution >= 0.6 is 0 Å². The van der Waals surface area contributed by atoms with Crippen LogP contribution in [0.3, 0.4) is 0 Å². The first-order chi connectivity index (χ1) is 16.5. The van der Waals surface area contributed by atoms with Crippen LogP contribution in [0.15, 0.2) is 72.8 Å². The Hall–Kier alpha value is -2.27. The van der Waals surface area contributed by atoms with E-state index in [1.165, 1.54) is 10.9 Å². The molecule has 0 heterocycles. The van der Waals surface area contributed by atoms with E-state index in [1.807, 2.05) is 30.3 Å². The molecule has 186 valence electrons. The first-order valence-corrected chi connectivity index (χ1v) is 15.8. The van der Waals surface area contributed by atoms with Gasteiger partial charge in [0.25, 0.3) is 0 Å². The number of unbranched alkanes of at least 4 members (excludes halogenated alkanes) is 1. The van der Waals surface area contributed by atoms with Crippen molar-refractivity contribution >= 4 is 24.9 Å². The van der Waals surface area contributed by atoms with Gasteiger partial charge in [0.1, 0.15) is 0 Å². The second kappa shape index (κ2) is 9.65. The normalized spacial score (nSPS) is 22.3. The Labute approximate surface area is 212 Å². The minimum Gasteiger partial charge on any atom is -0.389 e. The first-order valence-electron chi connectivity index (χ1n) is 12.9. The number of benzene rings is 3. The molecule has 0 radical (unpaired) electrons. The molecule has 0 amide bonds. The minimum atomic E-state index is -2.03. The Bertz CT molecular complexity index is 1180. The van der Waals surface area contributed by atoms with E-state index in [4.69, 9.17) is 9.16 Å². The first kappa shape index (κ1) is 25.8. The summed E-state index contributed by atoms with van der Waals surface area (Å²) in [6.45, 7) is 11.4. The smallest absolute Gasteiger partial charge is 0.195 e. The Morgan fingerprint density at radius 2 is 1.57 bits per heavy atom. The summed E-state index contributed by atoms with van der Waals surface area (Å²) in [5, 5.41) is 2.39. The van der Waals surface area contributed by atoms with E-state index in [1.54, 1.807) is 7.11 Å². The second-order valence-electron chi connectivity index (χ2n) is 11.6. The molecule has 1 fully saturated rings. The van der Waals surface area contributed by atoms with Gasteiger partial charge in [-0.3, -0.25) is 4.79 Å². The Morgan fingerprint density at radius 3 is 2.23 bits per heavy atom. The molecule has 0 bridgehead atoms. The van der Waals surface area contributed by atoms with E-state index in [2.05, 4.69) is 76.3 Å². The molecule has 35 heavy (non-hydrogen) atoms. The van der Waals surface area contributed by atoms with E-state index < -0.39 is 14.1 Å². The van der Waals surface area contributed by atoms with Crippen molar-refractivity contribution < 1.29 is 14.0 Å². The van der Waals surface area contributed by atoms with Gasteiger partial charge in [-0.25, -0.2) is 0 Å². The summed E-state index contributed by atoms with van der Waals surface area (Å²) in [7, 11) is -0.239. The zero-order valence-electron chi connectivity index (χ0n) is 22.2. The summed E-state index contributed by atoms with van der Waals surface area (Å²) in [6, 6.07) is 24.9. The van der Waals surface area contributed by atoms with Crippen LogP contribution in [0.2, 0.25) is 18.1 Å². The number of ether oxygens (including phenoxy) is 1. The number of ketones is 1. The van der Waals surface area contributed by atoms with Crippen molar-refractivity contribution in [2.24, 2.45) is 0 Å². The highest BCUT2D eigenvalue weighted by Crippen LogP contribution is 2.65. The van der Waals surface area contributed by atoms with Gasteiger partial charge in [-0.1, -0.05) is 93.9 Å². The van der Waals surface area contributed by atoms with E-state index in [9.17, 15) is 4.79 Å². The fourth-order valence-electron chi connectivity index (χ4n) is 5.08. The molecule has 0 aromatic heterocycles. The van der Waals surface area contributed by atoms with Gasteiger partial charge < -0.3 is 9.16 Å². The van der Waals surface area contributed by atoms with Crippen molar-refractivity contribution in [3.63, 3.8) is 0 Å². The molecule has 4 rings (SSSR count). The maximum Gasteiger partial charge on any atom is 0.195 e. The Kier molecular flexibility index (Phi) is 7.11. The van der Waals surface area contributed by atoms with Crippen molar-refractivity contribution in [3.05, 3.63) is 83.9 Å². The van der Waals surface area contributed by atoms with E-state index >= 15 is 0 Å². The number of Topliss-reactive ketones (excluding diaryl/α,β-unsaturated/α-hetero) is 1. The minimum absolute atomic E-state index is 0.107. The largest absolute Gasteiger partial charge is 0.389 e. The van der Waals surface area contributed by atoms with Gasteiger partial charge in [0.15, 0.2) is 19.9 Å². The van der Waals surface area contributed by atoms with E-state index in [0.717, 1.165) is 36.6 Å². The molecule has 0 saturated heterocycles. The fraction of sp³-hybridized carbons (Fsp3) is 0.452. The van der Waals surface area contributed by atoms with Crippen LogP contribution in [0.25, 0.3) is 10.8 Å². The quantitative estimate of drug-likeness (QED) is 0.125. The van der Waals surface area contributed by atoms with E-state index in [-0.39, 0.29) is 16.2 Å². The zero-order valence-corrected chi connectivity index (χ0v) is 23.2. The molecule has 1 saturated carbocycles. The van der Waals surface area contributed by atoms with Gasteiger partial charge in [0.2, 0.25) is 0 Å². The summed E-state index contributed by atoms with van der Waals surface area (Å²) in [4.78, 5) is 12.9. The highest BCUT2D eigenvalue weighted by molar-refractivity contribution is 6.74. The van der Waals surface area contributed by atoms with Crippen molar-refractivity contribution in [2.75, 3.05) is 7.11 Å². The third-order valence-corrected chi connectivity index (χ3v) is 12.8. The van der Waals surface area contributed by atoms with Crippen molar-refractivity contribution in [2.45, 2.75) is 82.2 Å². The van der Waals surface area contributed by atoms with Crippen LogP contribution in [0.1, 0.15) is 68.8 Å². The summed E-state index contributed by atoms with van der Waals surface area (Å²) >= 11 is 0. The third kappa shape index (κ3) is 5.02. The van der Waals surface area contributed by atoms with Crippen LogP contribution < -0.4 is 0 Å². The van der Waals surface area contributed by atoms with Crippen LogP contribution in [-0.2, 0) is 14.6 Å². The van der Waals surface area contributed by atoms with Gasteiger partial charge in [0.05, 0.1) is 5.41 Å². The van der Waals surface area contributed by atoms with Gasteiger partial charge in [-0.2, -0.15) is 0 Å². The fourth-order valence-corrected chi connectivity index (χ4v) is 6.56. The molecule has 4 heteroatoms. The topological polar surface area (TPSA) is 35.5 Å². The summed E-state index contributed by atoms with van der Waals surface area (Å²) in [5.74, 6) is -0.365. The summed E-state index contributed by atoms with van der Waals surface area (Å²) in [6.07, 6.45) is 4.20. The molecule has 0 N–H and O–H groups in total. The number of hydrogen-bond acceptors (Lipinski definition) is 3. The molecule has 3 nitrogen and oxygen atoms in total. The van der Waals surface area contributed by atoms with Crippen molar-refractivity contribution in [1.82, 2.24) is 0 Å². The molecule has 3 aromatic carbocycles. The highest BCUT2D eigenvalue weighted by Gasteiger charge is 2.71. The lowest BCUT2D eigenvalue weighted by atomic mass is 9.88. The number of fused-ring (bicyclic) bond motifs is 1. The number of carbonyl (C=O) groups is 1. The standard InChI is InChI=1S/C31H40O3Si/c1-29(2,3)35(5,6)34-31(33-4)23-30(31,27-16-8-7-9-17-27)21-13-12-18-28(32)26-20-19-24-14-10-11-15-25(24)22-26/h7-11,14-17,19-20,22H,12-13,18,21,23H2,1-6H3. The average Bonchev–Trinajstić information content (AvgIpc) is 3.48. The average molecular weight is 489 g/mol. The highest BCUT2D eigenvalue weighted by atomic mass is 28.4. The molecular formula is C31H40O3Si.